The number of rotatable bonds is 8. The van der Waals surface area contributed by atoms with Crippen molar-refractivity contribution in [3.63, 3.8) is 0 Å². The van der Waals surface area contributed by atoms with Gasteiger partial charge in [-0.05, 0) is 103 Å². The number of hydrogen-bond acceptors (Lipinski definition) is 6. The highest BCUT2D eigenvalue weighted by Crippen LogP contribution is 2.47. The highest BCUT2D eigenvalue weighted by atomic mass is 32.2. The molecule has 1 N–H and O–H groups in total. The molecule has 1 aromatic carbocycles. The molecule has 1 unspecified atom stereocenters. The van der Waals surface area contributed by atoms with E-state index in [1.54, 1.807) is 24.4 Å². The Balaban J connectivity index is 1.18. The van der Waals surface area contributed by atoms with Gasteiger partial charge in [0.1, 0.15) is 23.7 Å². The van der Waals surface area contributed by atoms with E-state index in [0.717, 1.165) is 12.2 Å². The molecule has 0 bridgehead atoms. The maximum atomic E-state index is 12.8. The molecule has 2 fully saturated rings. The first-order valence-electron chi connectivity index (χ1n) is 12.8. The zero-order chi connectivity index (χ0) is 24.6. The average Bonchev–Trinajstić information content (AvgIpc) is 3.84. The highest BCUT2D eigenvalue weighted by Gasteiger charge is 2.30. The van der Waals surface area contributed by atoms with Crippen LogP contribution < -0.4 is 15.0 Å². The molecule has 186 valence electrons. The van der Waals surface area contributed by atoms with Gasteiger partial charge in [0.25, 0.3) is 5.91 Å². The number of fused-ring (bicyclic) bond motifs is 1. The first-order valence-corrected chi connectivity index (χ1v) is 14.1. The van der Waals surface area contributed by atoms with Gasteiger partial charge in [-0.25, -0.2) is 4.98 Å². The minimum absolute atomic E-state index is 0.265. The zero-order valence-electron chi connectivity index (χ0n) is 20.4. The largest absolute Gasteiger partial charge is 0.611 e. The number of amides is 1. The van der Waals surface area contributed by atoms with Crippen LogP contribution in [0.3, 0.4) is 0 Å². The van der Waals surface area contributed by atoms with E-state index in [1.807, 2.05) is 13.0 Å². The minimum atomic E-state index is -1.04. The molecule has 1 atom stereocenters. The monoisotopic (exact) mass is 502 g/mol. The second kappa shape index (κ2) is 9.75. The van der Waals surface area contributed by atoms with Crippen molar-refractivity contribution in [1.82, 2.24) is 15.3 Å². The predicted octanol–water partition coefficient (Wildman–Crippen LogP) is 4.82. The third-order valence-electron chi connectivity index (χ3n) is 7.04. The molecule has 2 aliphatic carbocycles. The molecule has 8 heteroatoms. The Morgan fingerprint density at radius 2 is 1.86 bits per heavy atom. The van der Waals surface area contributed by atoms with Crippen molar-refractivity contribution in [2.75, 3.05) is 23.8 Å². The van der Waals surface area contributed by atoms with Gasteiger partial charge in [0.2, 0.25) is 5.88 Å². The molecule has 2 saturated carbocycles. The van der Waals surface area contributed by atoms with Crippen molar-refractivity contribution < 1.29 is 14.1 Å². The Hall–Kier alpha value is -3.10. The summed E-state index contributed by atoms with van der Waals surface area (Å²) in [6, 6.07) is 14.3. The second-order valence-electron chi connectivity index (χ2n) is 9.73. The van der Waals surface area contributed by atoms with Gasteiger partial charge in [-0.3, -0.25) is 9.78 Å². The number of benzene rings is 1. The van der Waals surface area contributed by atoms with E-state index in [9.17, 15) is 9.35 Å². The molecular formula is C28H30N4O3S. The van der Waals surface area contributed by atoms with Crippen LogP contribution in [0.1, 0.15) is 71.8 Å². The van der Waals surface area contributed by atoms with Crippen molar-refractivity contribution in [3.8, 4) is 5.88 Å². The molecule has 6 rings (SSSR count). The van der Waals surface area contributed by atoms with E-state index in [-0.39, 0.29) is 12.5 Å². The lowest BCUT2D eigenvalue weighted by Crippen LogP contribution is -2.30. The lowest BCUT2D eigenvalue weighted by Gasteiger charge is -2.31. The van der Waals surface area contributed by atoms with Crippen LogP contribution in [0.15, 0.2) is 53.6 Å². The summed E-state index contributed by atoms with van der Waals surface area (Å²) in [4.78, 5) is 24.6. The molecule has 0 spiro atoms. The van der Waals surface area contributed by atoms with Crippen LogP contribution in [0.25, 0.3) is 0 Å². The summed E-state index contributed by atoms with van der Waals surface area (Å²) in [7, 11) is 0. The third-order valence-corrected chi connectivity index (χ3v) is 8.33. The lowest BCUT2D eigenvalue weighted by atomic mass is 10.0. The van der Waals surface area contributed by atoms with Crippen molar-refractivity contribution >= 4 is 28.5 Å². The summed E-state index contributed by atoms with van der Waals surface area (Å²) in [6.07, 6.45) is 6.74. The van der Waals surface area contributed by atoms with Gasteiger partial charge in [0.15, 0.2) is 4.90 Å². The highest BCUT2D eigenvalue weighted by molar-refractivity contribution is 7.91. The van der Waals surface area contributed by atoms with Gasteiger partial charge in [0.05, 0.1) is 25.0 Å². The fourth-order valence-electron chi connectivity index (χ4n) is 4.69. The molecule has 2 aromatic heterocycles. The first-order chi connectivity index (χ1) is 17.6. The molecule has 1 amide bonds. The number of carbonyl (C=O) groups is 1. The number of carbonyl (C=O) groups excluding carboxylic acids is 1. The molecule has 3 aromatic rings. The van der Waals surface area contributed by atoms with E-state index < -0.39 is 11.2 Å². The Bertz CT molecular complexity index is 1240. The van der Waals surface area contributed by atoms with Crippen molar-refractivity contribution in [1.29, 1.82) is 0 Å². The maximum absolute atomic E-state index is 12.8. The van der Waals surface area contributed by atoms with Gasteiger partial charge in [-0.1, -0.05) is 6.07 Å². The molecule has 0 radical (unpaired) electrons. The number of hydrogen-bond donors (Lipinski definition) is 1. The van der Waals surface area contributed by atoms with Crippen LogP contribution in [-0.2, 0) is 17.7 Å². The first kappa shape index (κ1) is 23.3. The van der Waals surface area contributed by atoms with Gasteiger partial charge in [-0.15, -0.1) is 0 Å². The summed E-state index contributed by atoms with van der Waals surface area (Å²) < 4.78 is 17.8. The summed E-state index contributed by atoms with van der Waals surface area (Å²) in [5.74, 6) is 2.16. The number of nitrogens with one attached hydrogen (secondary N) is 1. The average molecular weight is 503 g/mol. The van der Waals surface area contributed by atoms with E-state index in [4.69, 9.17) is 4.74 Å². The number of nitrogens with zero attached hydrogens (tertiary/aromatic N) is 3. The Kier molecular flexibility index (Phi) is 6.31. The summed E-state index contributed by atoms with van der Waals surface area (Å²) in [6.45, 7) is 3.41. The van der Waals surface area contributed by atoms with Gasteiger partial charge >= 0.3 is 0 Å². The van der Waals surface area contributed by atoms with Crippen LogP contribution in [-0.4, -0.2) is 39.3 Å². The van der Waals surface area contributed by atoms with Crippen molar-refractivity contribution in [2.45, 2.75) is 55.9 Å². The van der Waals surface area contributed by atoms with Crippen molar-refractivity contribution in [3.05, 3.63) is 71.2 Å². The predicted molar refractivity (Wildman–Crippen MR) is 139 cm³/mol. The smallest absolute Gasteiger partial charge is 0.270 e. The molecule has 3 heterocycles. The van der Waals surface area contributed by atoms with Crippen LogP contribution >= 0.6 is 0 Å². The molecular weight excluding hydrogens is 472 g/mol. The lowest BCUT2D eigenvalue weighted by molar-refractivity contribution is 0.0944. The standard InChI is InChI=1S/C28H30N4O3S/c1-2-36(34)24-8-7-22(29-17-24)16-30-27(33)25-9-10-26-28(31-25)35-12-11-32(26)23-14-20(18-3-4-18)13-21(15-23)19-5-6-19/h7-10,13-15,17-19H,2-6,11-12,16H2,1H3,(H,30,33). The van der Waals surface area contributed by atoms with Crippen LogP contribution in [0.5, 0.6) is 5.88 Å². The van der Waals surface area contributed by atoms with Gasteiger partial charge in [-0.2, -0.15) is 0 Å². The topological polar surface area (TPSA) is 90.4 Å². The zero-order valence-corrected chi connectivity index (χ0v) is 21.2. The molecule has 0 saturated heterocycles. The number of pyridine rings is 2. The summed E-state index contributed by atoms with van der Waals surface area (Å²) in [5.41, 5.74) is 6.01. The SMILES string of the molecule is CC[S+]([O-])c1ccc(CNC(=O)c2ccc3c(n2)OCCN3c2cc(C3CC3)cc(C3CC3)c2)nc1. The Labute approximate surface area is 214 Å². The minimum Gasteiger partial charge on any atom is -0.611 e. The van der Waals surface area contributed by atoms with Crippen LogP contribution in [0.4, 0.5) is 11.4 Å². The normalized spacial score (nSPS) is 17.8. The van der Waals surface area contributed by atoms with Gasteiger partial charge in [0, 0.05) is 5.69 Å². The number of ether oxygens (including phenoxy) is 1. The second-order valence-corrected chi connectivity index (χ2v) is 11.5. The molecule has 7 nitrogen and oxygen atoms in total. The van der Waals surface area contributed by atoms with Crippen LogP contribution in [0.2, 0.25) is 0 Å². The van der Waals surface area contributed by atoms with E-state index in [2.05, 4.69) is 38.4 Å². The maximum Gasteiger partial charge on any atom is 0.270 e. The Morgan fingerprint density at radius 3 is 2.50 bits per heavy atom. The number of anilines is 2. The van der Waals surface area contributed by atoms with E-state index in [1.165, 1.54) is 42.5 Å². The van der Waals surface area contributed by atoms with Crippen molar-refractivity contribution in [2.24, 2.45) is 0 Å². The Morgan fingerprint density at radius 1 is 1.11 bits per heavy atom. The summed E-state index contributed by atoms with van der Waals surface area (Å²) in [5, 5.41) is 2.87. The third kappa shape index (κ3) is 4.92. The van der Waals surface area contributed by atoms with Crippen LogP contribution in [0, 0.1) is 0 Å². The number of aromatic nitrogens is 2. The van der Waals surface area contributed by atoms with Gasteiger partial charge < -0.3 is 19.5 Å². The quantitative estimate of drug-likeness (QED) is 0.444. The fourth-order valence-corrected chi connectivity index (χ4v) is 5.41. The van der Waals surface area contributed by atoms with E-state index >= 15 is 0 Å². The van der Waals surface area contributed by atoms with E-state index in [0.29, 0.717) is 46.4 Å². The fraction of sp³-hybridized carbons (Fsp3) is 0.393. The molecule has 1 aliphatic heterocycles. The molecule has 3 aliphatic rings. The summed E-state index contributed by atoms with van der Waals surface area (Å²) >= 11 is -1.04. The molecule has 36 heavy (non-hydrogen) atoms.